The molecular weight excluding hydrogens is 340 g/mol. The number of rotatable bonds is 3. The topological polar surface area (TPSA) is 71.3 Å². The lowest BCUT2D eigenvalue weighted by molar-refractivity contribution is 0.257. The van der Waals surface area contributed by atoms with E-state index in [9.17, 15) is 4.79 Å². The zero-order valence-corrected chi connectivity index (χ0v) is 14.9. The van der Waals surface area contributed by atoms with Crippen molar-refractivity contribution >= 4 is 17.4 Å². The predicted octanol–water partition coefficient (Wildman–Crippen LogP) is 4.60. The largest absolute Gasteiger partial charge is 0.339 e. The summed E-state index contributed by atoms with van der Waals surface area (Å²) in [6, 6.07) is 15.5. The monoisotopic (exact) mass is 360 g/mol. The summed E-state index contributed by atoms with van der Waals surface area (Å²) in [7, 11) is 0. The van der Waals surface area contributed by atoms with Crippen molar-refractivity contribution in [3.8, 4) is 11.4 Å². The molecule has 3 aromatic rings. The number of carbonyl (C=O) groups is 1. The molecule has 0 unspecified atom stereocenters. The van der Waals surface area contributed by atoms with Gasteiger partial charge in [0.1, 0.15) is 0 Å². The van der Waals surface area contributed by atoms with E-state index in [1.165, 1.54) is 12.0 Å². The number of fused-ring (bicyclic) bond motifs is 1. The summed E-state index contributed by atoms with van der Waals surface area (Å²) in [6.07, 6.45) is 4.39. The Labute approximate surface area is 157 Å². The van der Waals surface area contributed by atoms with E-state index in [4.69, 9.17) is 4.52 Å². The Hall–Kier alpha value is -3.15. The second kappa shape index (κ2) is 6.54. The van der Waals surface area contributed by atoms with Crippen molar-refractivity contribution in [1.82, 2.24) is 10.1 Å². The van der Waals surface area contributed by atoms with Gasteiger partial charge in [0.25, 0.3) is 0 Å². The van der Waals surface area contributed by atoms with Crippen molar-refractivity contribution in [2.45, 2.75) is 31.6 Å². The van der Waals surface area contributed by atoms with Crippen LogP contribution in [-0.2, 0) is 6.42 Å². The fourth-order valence-corrected chi connectivity index (χ4v) is 3.62. The standard InChI is InChI=1S/C21H20N4O2/c26-21(25-13-12-14-4-1-2-7-18(14)25)22-17-10-8-15(9-11-17)19-23-20(27-24-19)16-5-3-6-16/h1-2,4,7-11,16H,3,5-6,12-13H2,(H,22,26). The van der Waals surface area contributed by atoms with Crippen LogP contribution in [0.5, 0.6) is 0 Å². The molecule has 0 spiro atoms. The van der Waals surface area contributed by atoms with Gasteiger partial charge in [0.2, 0.25) is 11.7 Å². The van der Waals surface area contributed by atoms with Crippen molar-refractivity contribution in [2.75, 3.05) is 16.8 Å². The highest BCUT2D eigenvalue weighted by atomic mass is 16.5. The number of nitrogens with zero attached hydrogens (tertiary/aromatic N) is 3. The molecule has 0 radical (unpaired) electrons. The van der Waals surface area contributed by atoms with Crippen LogP contribution >= 0.6 is 0 Å². The predicted molar refractivity (Wildman–Crippen MR) is 103 cm³/mol. The molecule has 6 heteroatoms. The van der Waals surface area contributed by atoms with Gasteiger partial charge in [-0.3, -0.25) is 4.90 Å². The molecular formula is C21H20N4O2. The van der Waals surface area contributed by atoms with Crippen molar-refractivity contribution in [2.24, 2.45) is 0 Å². The van der Waals surface area contributed by atoms with E-state index in [1.54, 1.807) is 4.90 Å². The first kappa shape index (κ1) is 16.1. The van der Waals surface area contributed by atoms with Gasteiger partial charge in [-0.15, -0.1) is 0 Å². The number of amides is 2. The molecule has 136 valence electrons. The summed E-state index contributed by atoms with van der Waals surface area (Å²) in [5.41, 5.74) is 3.83. The van der Waals surface area contributed by atoms with E-state index in [-0.39, 0.29) is 6.03 Å². The quantitative estimate of drug-likeness (QED) is 0.741. The van der Waals surface area contributed by atoms with Gasteiger partial charge in [-0.25, -0.2) is 4.79 Å². The fraction of sp³-hybridized carbons (Fsp3) is 0.286. The lowest BCUT2D eigenvalue weighted by Crippen LogP contribution is -2.33. The van der Waals surface area contributed by atoms with Crippen molar-refractivity contribution < 1.29 is 9.32 Å². The third-order valence-electron chi connectivity index (χ3n) is 5.42. The number of urea groups is 1. The minimum atomic E-state index is -0.112. The highest BCUT2D eigenvalue weighted by molar-refractivity contribution is 6.03. The average molecular weight is 360 g/mol. The molecule has 1 N–H and O–H groups in total. The number of para-hydroxylation sites is 1. The Balaban J connectivity index is 1.28. The number of aromatic nitrogens is 2. The first-order valence-corrected chi connectivity index (χ1v) is 9.38. The summed E-state index contributed by atoms with van der Waals surface area (Å²) in [5.74, 6) is 1.76. The van der Waals surface area contributed by atoms with Crippen LogP contribution in [0.4, 0.5) is 16.2 Å². The molecule has 6 nitrogen and oxygen atoms in total. The van der Waals surface area contributed by atoms with Crippen molar-refractivity contribution in [3.05, 3.63) is 60.0 Å². The van der Waals surface area contributed by atoms with E-state index in [2.05, 4.69) is 21.5 Å². The van der Waals surface area contributed by atoms with Crippen LogP contribution in [0, 0.1) is 0 Å². The third-order valence-corrected chi connectivity index (χ3v) is 5.42. The molecule has 1 fully saturated rings. The highest BCUT2D eigenvalue weighted by Gasteiger charge is 2.26. The molecule has 0 atom stereocenters. The normalized spacial score (nSPS) is 16.1. The lowest BCUT2D eigenvalue weighted by Gasteiger charge is -2.20. The first-order chi connectivity index (χ1) is 13.3. The van der Waals surface area contributed by atoms with Crippen molar-refractivity contribution in [3.63, 3.8) is 0 Å². The Morgan fingerprint density at radius 1 is 1.11 bits per heavy atom. The number of anilines is 2. The smallest absolute Gasteiger partial charge is 0.326 e. The number of hydrogen-bond donors (Lipinski definition) is 1. The highest BCUT2D eigenvalue weighted by Crippen LogP contribution is 2.36. The van der Waals surface area contributed by atoms with Gasteiger partial charge in [-0.1, -0.05) is 29.8 Å². The molecule has 0 bridgehead atoms. The van der Waals surface area contributed by atoms with Crippen molar-refractivity contribution in [1.29, 1.82) is 0 Å². The summed E-state index contributed by atoms with van der Waals surface area (Å²) in [5, 5.41) is 7.05. The molecule has 27 heavy (non-hydrogen) atoms. The van der Waals surface area contributed by atoms with Gasteiger partial charge in [0.05, 0.1) is 0 Å². The van der Waals surface area contributed by atoms with Gasteiger partial charge in [0.15, 0.2) is 0 Å². The Morgan fingerprint density at radius 3 is 2.70 bits per heavy atom. The van der Waals surface area contributed by atoms with E-state index >= 15 is 0 Å². The summed E-state index contributed by atoms with van der Waals surface area (Å²) in [4.78, 5) is 18.9. The second-order valence-corrected chi connectivity index (χ2v) is 7.12. The fourth-order valence-electron chi connectivity index (χ4n) is 3.62. The third kappa shape index (κ3) is 2.97. The van der Waals surface area contributed by atoms with Gasteiger partial charge >= 0.3 is 6.03 Å². The van der Waals surface area contributed by atoms with Crippen LogP contribution in [0.3, 0.4) is 0 Å². The minimum absolute atomic E-state index is 0.112. The molecule has 5 rings (SSSR count). The molecule has 2 aliphatic rings. The van der Waals surface area contributed by atoms with Gasteiger partial charge < -0.3 is 9.84 Å². The van der Waals surface area contributed by atoms with E-state index in [1.807, 2.05) is 42.5 Å². The summed E-state index contributed by atoms with van der Waals surface area (Å²) < 4.78 is 5.38. The molecule has 1 aliphatic carbocycles. The van der Waals surface area contributed by atoms with E-state index in [0.717, 1.165) is 42.1 Å². The van der Waals surface area contributed by atoms with Crippen LogP contribution in [0.2, 0.25) is 0 Å². The van der Waals surface area contributed by atoms with Crippen LogP contribution in [-0.4, -0.2) is 22.7 Å². The molecule has 2 amide bonds. The van der Waals surface area contributed by atoms with Crippen LogP contribution in [0.25, 0.3) is 11.4 Å². The van der Waals surface area contributed by atoms with Gasteiger partial charge in [0, 0.05) is 29.4 Å². The second-order valence-electron chi connectivity index (χ2n) is 7.12. The van der Waals surface area contributed by atoms with E-state index in [0.29, 0.717) is 18.3 Å². The number of nitrogens with one attached hydrogen (secondary N) is 1. The SMILES string of the molecule is O=C(Nc1ccc(-c2noc(C3CCC3)n2)cc1)N1CCc2ccccc21. The number of benzene rings is 2. The Morgan fingerprint density at radius 2 is 1.93 bits per heavy atom. The average Bonchev–Trinajstić information content (AvgIpc) is 3.28. The summed E-state index contributed by atoms with van der Waals surface area (Å²) in [6.45, 7) is 0.704. The first-order valence-electron chi connectivity index (χ1n) is 9.38. The lowest BCUT2D eigenvalue weighted by atomic mass is 9.85. The molecule has 1 saturated carbocycles. The minimum Gasteiger partial charge on any atom is -0.339 e. The van der Waals surface area contributed by atoms with Gasteiger partial charge in [-0.2, -0.15) is 4.98 Å². The van der Waals surface area contributed by atoms with E-state index < -0.39 is 0 Å². The van der Waals surface area contributed by atoms with Crippen LogP contribution < -0.4 is 10.2 Å². The molecule has 1 aliphatic heterocycles. The van der Waals surface area contributed by atoms with Gasteiger partial charge in [-0.05, 0) is 55.2 Å². The maximum absolute atomic E-state index is 12.6. The molecule has 1 aromatic heterocycles. The molecule has 0 saturated heterocycles. The maximum atomic E-state index is 12.6. The zero-order chi connectivity index (χ0) is 18.2. The molecule has 2 aromatic carbocycles. The van der Waals surface area contributed by atoms with Crippen LogP contribution in [0.15, 0.2) is 53.1 Å². The Kier molecular flexibility index (Phi) is 3.89. The Bertz CT molecular complexity index is 976. The maximum Gasteiger partial charge on any atom is 0.326 e. The zero-order valence-electron chi connectivity index (χ0n) is 14.9. The molecule has 2 heterocycles. The number of carbonyl (C=O) groups excluding carboxylic acids is 1. The summed E-state index contributed by atoms with van der Waals surface area (Å²) >= 11 is 0. The number of hydrogen-bond acceptors (Lipinski definition) is 4. The van der Waals surface area contributed by atoms with Crippen LogP contribution in [0.1, 0.15) is 36.6 Å².